The number of hydrogen-bond acceptors (Lipinski definition) is 4. The molecule has 0 fully saturated rings. The number of fused-ring (bicyclic) bond motifs is 2. The van der Waals surface area contributed by atoms with E-state index < -0.39 is 0 Å². The lowest BCUT2D eigenvalue weighted by molar-refractivity contribution is 0.0774. The highest BCUT2D eigenvalue weighted by Gasteiger charge is 2.31. The Kier molecular flexibility index (Phi) is 4.33. The van der Waals surface area contributed by atoms with Gasteiger partial charge in [-0.3, -0.25) is 4.79 Å². The second kappa shape index (κ2) is 6.79. The lowest BCUT2D eigenvalue weighted by atomic mass is 9.86. The van der Waals surface area contributed by atoms with Crippen molar-refractivity contribution in [3.63, 3.8) is 0 Å². The third-order valence-corrected chi connectivity index (χ3v) is 4.82. The lowest BCUT2D eigenvalue weighted by Crippen LogP contribution is -2.31. The first-order chi connectivity index (χ1) is 12.6. The van der Waals surface area contributed by atoms with E-state index in [1.54, 1.807) is 6.07 Å². The van der Waals surface area contributed by atoms with Crippen LogP contribution in [0, 0.1) is 11.8 Å². The molecule has 3 aromatic rings. The van der Waals surface area contributed by atoms with E-state index >= 15 is 0 Å². The van der Waals surface area contributed by atoms with Gasteiger partial charge in [-0.05, 0) is 36.2 Å². The fraction of sp³-hybridized carbons (Fsp3) is 0.273. The first-order valence-electron chi connectivity index (χ1n) is 8.90. The molecule has 1 aromatic heterocycles. The molecule has 26 heavy (non-hydrogen) atoms. The van der Waals surface area contributed by atoms with Crippen LogP contribution in [-0.4, -0.2) is 17.4 Å². The average Bonchev–Trinajstić information content (AvgIpc) is 2.66. The van der Waals surface area contributed by atoms with Gasteiger partial charge in [0.15, 0.2) is 5.78 Å². The number of ether oxygens (including phenoxy) is 2. The number of carbonyl (C=O) groups excluding carboxylic acids is 1. The van der Waals surface area contributed by atoms with Crippen molar-refractivity contribution in [2.45, 2.75) is 20.5 Å². The third-order valence-electron chi connectivity index (χ3n) is 4.82. The molecule has 0 saturated carbocycles. The maximum atomic E-state index is 12.7. The summed E-state index contributed by atoms with van der Waals surface area (Å²) in [4.78, 5) is 17.3. The molecule has 1 unspecified atom stereocenters. The van der Waals surface area contributed by atoms with Crippen LogP contribution in [0.4, 0.5) is 0 Å². The first-order valence-corrected chi connectivity index (χ1v) is 8.90. The average molecular weight is 347 g/mol. The molecule has 0 radical (unpaired) electrons. The van der Waals surface area contributed by atoms with E-state index in [1.807, 2.05) is 62.4 Å². The van der Waals surface area contributed by atoms with E-state index in [1.165, 1.54) is 0 Å². The highest BCUT2D eigenvalue weighted by Crippen LogP contribution is 2.33. The molecule has 132 valence electrons. The number of benzene rings is 2. The van der Waals surface area contributed by atoms with Crippen molar-refractivity contribution in [3.8, 4) is 11.5 Å². The Morgan fingerprint density at radius 2 is 2.00 bits per heavy atom. The van der Waals surface area contributed by atoms with Crippen LogP contribution in [0.25, 0.3) is 10.9 Å². The van der Waals surface area contributed by atoms with Crippen LogP contribution in [0.15, 0.2) is 54.6 Å². The van der Waals surface area contributed by atoms with Crippen LogP contribution in [0.2, 0.25) is 0 Å². The minimum Gasteiger partial charge on any atom is -0.492 e. The molecular formula is C22H21NO3. The zero-order valence-electron chi connectivity index (χ0n) is 14.9. The highest BCUT2D eigenvalue weighted by molar-refractivity contribution is 6.01. The van der Waals surface area contributed by atoms with Gasteiger partial charge in [-0.2, -0.15) is 0 Å². The molecule has 1 aliphatic rings. The Hall–Kier alpha value is -2.88. The summed E-state index contributed by atoms with van der Waals surface area (Å²) in [5.41, 5.74) is 2.41. The largest absolute Gasteiger partial charge is 0.492 e. The quantitative estimate of drug-likeness (QED) is 0.689. The van der Waals surface area contributed by atoms with Crippen molar-refractivity contribution in [1.29, 1.82) is 0 Å². The van der Waals surface area contributed by atoms with Crippen LogP contribution < -0.4 is 9.47 Å². The lowest BCUT2D eigenvalue weighted by Gasteiger charge is -2.26. The second-order valence-electron chi connectivity index (χ2n) is 6.97. The van der Waals surface area contributed by atoms with Crippen molar-refractivity contribution in [2.75, 3.05) is 6.61 Å². The minimum atomic E-state index is -0.0973. The third kappa shape index (κ3) is 3.15. The van der Waals surface area contributed by atoms with Crippen molar-refractivity contribution < 1.29 is 14.3 Å². The molecule has 0 N–H and O–H groups in total. The van der Waals surface area contributed by atoms with Gasteiger partial charge in [-0.15, -0.1) is 0 Å². The van der Waals surface area contributed by atoms with E-state index in [-0.39, 0.29) is 17.6 Å². The first kappa shape index (κ1) is 16.6. The molecule has 4 nitrogen and oxygen atoms in total. The number of pyridine rings is 1. The predicted octanol–water partition coefficient (Wildman–Crippen LogP) is 4.66. The number of hydrogen-bond donors (Lipinski definition) is 0. The van der Waals surface area contributed by atoms with E-state index in [9.17, 15) is 4.79 Å². The molecule has 0 amide bonds. The van der Waals surface area contributed by atoms with Crippen molar-refractivity contribution in [3.05, 3.63) is 65.9 Å². The number of para-hydroxylation sites is 1. The molecule has 0 saturated heterocycles. The number of nitrogens with zero attached hydrogens (tertiary/aromatic N) is 1. The summed E-state index contributed by atoms with van der Waals surface area (Å²) >= 11 is 0. The van der Waals surface area contributed by atoms with Crippen LogP contribution in [0.3, 0.4) is 0 Å². The van der Waals surface area contributed by atoms with Crippen molar-refractivity contribution in [2.24, 2.45) is 11.8 Å². The Balaban J connectivity index is 1.53. The summed E-state index contributed by atoms with van der Waals surface area (Å²) in [5, 5.41) is 1.10. The summed E-state index contributed by atoms with van der Waals surface area (Å²) in [7, 11) is 0. The van der Waals surface area contributed by atoms with E-state index in [2.05, 4.69) is 4.98 Å². The summed E-state index contributed by atoms with van der Waals surface area (Å²) in [6.07, 6.45) is 0. The fourth-order valence-electron chi connectivity index (χ4n) is 3.21. The van der Waals surface area contributed by atoms with E-state index in [0.717, 1.165) is 16.6 Å². The molecule has 2 aromatic carbocycles. The monoisotopic (exact) mass is 347 g/mol. The summed E-state index contributed by atoms with van der Waals surface area (Å²) in [5.74, 6) is 1.58. The highest BCUT2D eigenvalue weighted by atomic mass is 16.5. The van der Waals surface area contributed by atoms with Gasteiger partial charge in [0.1, 0.15) is 18.1 Å². The van der Waals surface area contributed by atoms with Crippen LogP contribution >= 0.6 is 0 Å². The van der Waals surface area contributed by atoms with Gasteiger partial charge in [0.05, 0.1) is 29.3 Å². The van der Waals surface area contributed by atoms with E-state index in [0.29, 0.717) is 30.3 Å². The van der Waals surface area contributed by atoms with Crippen LogP contribution in [0.1, 0.15) is 29.9 Å². The van der Waals surface area contributed by atoms with Crippen LogP contribution in [-0.2, 0) is 6.61 Å². The molecule has 0 spiro atoms. The van der Waals surface area contributed by atoms with Gasteiger partial charge in [-0.25, -0.2) is 4.98 Å². The normalized spacial score (nSPS) is 16.4. The standard InChI is InChI=1S/C22H21NO3/c1-14(2)19-13-26-21-10-9-17(11-18(21)22(19)24)25-12-16-8-7-15-5-3-4-6-20(15)23-16/h3-11,14,19H,12-13H2,1-2H3. The Bertz CT molecular complexity index is 965. The van der Waals surface area contributed by atoms with Gasteiger partial charge >= 0.3 is 0 Å². The van der Waals surface area contributed by atoms with Crippen LogP contribution in [0.5, 0.6) is 11.5 Å². The molecule has 0 bridgehead atoms. The maximum absolute atomic E-state index is 12.7. The van der Waals surface area contributed by atoms with Crippen molar-refractivity contribution in [1.82, 2.24) is 4.98 Å². The van der Waals surface area contributed by atoms with Gasteiger partial charge in [0.2, 0.25) is 0 Å². The molecule has 4 rings (SSSR count). The predicted molar refractivity (Wildman–Crippen MR) is 101 cm³/mol. The molecule has 0 aliphatic carbocycles. The maximum Gasteiger partial charge on any atom is 0.173 e. The number of ketones is 1. The number of Topliss-reactive ketones (excluding diaryl/α,β-unsaturated/α-hetero) is 1. The molecule has 1 atom stereocenters. The number of rotatable bonds is 4. The summed E-state index contributed by atoms with van der Waals surface area (Å²) in [6, 6.07) is 17.4. The van der Waals surface area contributed by atoms with E-state index in [4.69, 9.17) is 9.47 Å². The Morgan fingerprint density at radius 1 is 1.15 bits per heavy atom. The summed E-state index contributed by atoms with van der Waals surface area (Å²) in [6.45, 7) is 4.89. The SMILES string of the molecule is CC(C)C1COc2ccc(OCc3ccc4ccccc4n3)cc2C1=O. The zero-order chi connectivity index (χ0) is 18.1. The fourth-order valence-corrected chi connectivity index (χ4v) is 3.21. The molecule has 1 aliphatic heterocycles. The number of aromatic nitrogens is 1. The van der Waals surface area contributed by atoms with Crippen molar-refractivity contribution >= 4 is 16.7 Å². The van der Waals surface area contributed by atoms with Gasteiger partial charge in [0, 0.05) is 5.39 Å². The Morgan fingerprint density at radius 3 is 2.85 bits per heavy atom. The molecule has 2 heterocycles. The minimum absolute atomic E-state index is 0.0973. The van der Waals surface area contributed by atoms with Gasteiger partial charge < -0.3 is 9.47 Å². The number of carbonyl (C=O) groups is 1. The Labute approximate surface area is 152 Å². The molecule has 4 heteroatoms. The summed E-state index contributed by atoms with van der Waals surface area (Å²) < 4.78 is 11.6. The molecular weight excluding hydrogens is 326 g/mol. The van der Waals surface area contributed by atoms with Gasteiger partial charge in [-0.1, -0.05) is 38.1 Å². The zero-order valence-corrected chi connectivity index (χ0v) is 14.9. The topological polar surface area (TPSA) is 48.4 Å². The smallest absolute Gasteiger partial charge is 0.173 e. The second-order valence-corrected chi connectivity index (χ2v) is 6.97. The van der Waals surface area contributed by atoms with Gasteiger partial charge in [0.25, 0.3) is 0 Å².